The number of allylic oxidation sites excluding steroid dienone is 32. The molecule has 0 saturated heterocycles. The van der Waals surface area contributed by atoms with Gasteiger partial charge in [-0.25, -0.2) is 0 Å². The minimum absolute atomic E-state index is 0.130. The van der Waals surface area contributed by atoms with Gasteiger partial charge in [0, 0.05) is 19.3 Å². The maximum Gasteiger partial charge on any atom is 0.306 e. The Labute approximate surface area is 465 Å². The number of ether oxygens (including phenoxy) is 3. The summed E-state index contributed by atoms with van der Waals surface area (Å²) in [5.41, 5.74) is 0. The molecule has 0 N–H and O–H groups in total. The standard InChI is InChI=1S/C70H104O6/c1-4-7-10-13-16-18-20-22-24-26-28-30-32-33-34-35-36-37-39-40-42-44-46-48-50-52-54-57-60-63-69(72)75-66-67(65-74-68(71)62-59-56-15-12-9-6-3)76-70(73)64-61-58-55-53-51-49-47-45-43-41-38-31-29-27-25-23-21-19-17-14-11-8-5-2/h7-8,10-11,16-19,22-25,28-31,33-34,36-37,40-43,46-49,52-55,67H,4-6,9,12-15,20-21,26-27,32,35,38-39,44-45,50-51,56-66H2,1-3H3/b10-7-,11-8-,18-16-,19-17-,24-22-,25-23-,30-28-,31-29-,34-33-,37-36-,42-40-,43-41-,48-46-,49-47-,54-52-,55-53-. The number of hydrogen-bond donors (Lipinski definition) is 0. The van der Waals surface area contributed by atoms with E-state index in [4.69, 9.17) is 14.2 Å². The van der Waals surface area contributed by atoms with Crippen LogP contribution in [0.1, 0.15) is 207 Å². The molecule has 1 unspecified atom stereocenters. The first-order chi connectivity index (χ1) is 37.5. The maximum absolute atomic E-state index is 12.8. The van der Waals surface area contributed by atoms with E-state index >= 15 is 0 Å². The first kappa shape index (κ1) is 70.2. The number of hydrogen-bond acceptors (Lipinski definition) is 6. The molecule has 76 heavy (non-hydrogen) atoms. The zero-order chi connectivity index (χ0) is 55.0. The molecule has 0 bridgehead atoms. The SMILES string of the molecule is CC/C=C\C/C=C\C/C=C\C/C=C\C/C=C\C/C=C\C/C=C\C/C=C\C/C=C\CCCC(=O)OCC(COC(=O)CCCCCCCC)OC(=O)CCC/C=C\C/C=C\C/C=C\C/C=C\C/C=C\C/C=C\C/C=C\CC. The lowest BCUT2D eigenvalue weighted by atomic mass is 10.1. The number of carbonyl (C=O) groups excluding carboxylic acids is 3. The van der Waals surface area contributed by atoms with Crippen molar-refractivity contribution in [3.8, 4) is 0 Å². The van der Waals surface area contributed by atoms with Crippen LogP contribution in [0.2, 0.25) is 0 Å². The van der Waals surface area contributed by atoms with Crippen LogP contribution in [-0.4, -0.2) is 37.2 Å². The Balaban J connectivity index is 4.40. The lowest BCUT2D eigenvalue weighted by Crippen LogP contribution is -2.30. The molecule has 0 aromatic rings. The molecular formula is C70H104O6. The highest BCUT2D eigenvalue weighted by Crippen LogP contribution is 2.10. The van der Waals surface area contributed by atoms with E-state index in [0.717, 1.165) is 135 Å². The number of unbranched alkanes of at least 4 members (excludes halogenated alkanes) is 7. The number of esters is 3. The smallest absolute Gasteiger partial charge is 0.306 e. The third kappa shape index (κ3) is 59.1. The number of carbonyl (C=O) groups is 3. The summed E-state index contributed by atoms with van der Waals surface area (Å²) >= 11 is 0. The largest absolute Gasteiger partial charge is 0.462 e. The molecule has 1 atom stereocenters. The van der Waals surface area contributed by atoms with Crippen LogP contribution in [0, 0.1) is 0 Å². The van der Waals surface area contributed by atoms with Crippen molar-refractivity contribution in [2.75, 3.05) is 13.2 Å². The quantitative estimate of drug-likeness (QED) is 0.0261. The molecule has 0 amide bonds. The van der Waals surface area contributed by atoms with Crippen LogP contribution in [0.4, 0.5) is 0 Å². The van der Waals surface area contributed by atoms with E-state index in [0.29, 0.717) is 19.3 Å². The van der Waals surface area contributed by atoms with Gasteiger partial charge < -0.3 is 14.2 Å². The van der Waals surface area contributed by atoms with Crippen LogP contribution in [0.25, 0.3) is 0 Å². The van der Waals surface area contributed by atoms with Gasteiger partial charge >= 0.3 is 17.9 Å². The van der Waals surface area contributed by atoms with Crippen molar-refractivity contribution in [2.45, 2.75) is 213 Å². The highest BCUT2D eigenvalue weighted by Gasteiger charge is 2.19. The Morgan fingerprint density at radius 2 is 0.513 bits per heavy atom. The van der Waals surface area contributed by atoms with Gasteiger partial charge in [0.25, 0.3) is 0 Å². The molecule has 0 rings (SSSR count). The molecule has 0 heterocycles. The Kier molecular flexibility index (Phi) is 57.1. The Bertz CT molecular complexity index is 1870. The van der Waals surface area contributed by atoms with E-state index < -0.39 is 12.1 Å². The molecule has 6 heteroatoms. The van der Waals surface area contributed by atoms with Crippen molar-refractivity contribution in [1.82, 2.24) is 0 Å². The van der Waals surface area contributed by atoms with Crippen molar-refractivity contribution in [3.05, 3.63) is 194 Å². The van der Waals surface area contributed by atoms with Crippen LogP contribution in [0.15, 0.2) is 194 Å². The van der Waals surface area contributed by atoms with E-state index in [9.17, 15) is 14.4 Å². The molecule has 0 spiro atoms. The summed E-state index contributed by atoms with van der Waals surface area (Å²) in [5, 5.41) is 0. The van der Waals surface area contributed by atoms with E-state index in [1.807, 2.05) is 0 Å². The Morgan fingerprint density at radius 1 is 0.276 bits per heavy atom. The molecule has 0 fully saturated rings. The lowest BCUT2D eigenvalue weighted by Gasteiger charge is -2.18. The lowest BCUT2D eigenvalue weighted by molar-refractivity contribution is -0.167. The van der Waals surface area contributed by atoms with Crippen LogP contribution >= 0.6 is 0 Å². The monoisotopic (exact) mass is 1040 g/mol. The predicted molar refractivity (Wildman–Crippen MR) is 329 cm³/mol. The zero-order valence-electron chi connectivity index (χ0n) is 47.9. The molecule has 0 aliphatic heterocycles. The second-order valence-electron chi connectivity index (χ2n) is 18.4. The minimum Gasteiger partial charge on any atom is -0.462 e. The summed E-state index contributed by atoms with van der Waals surface area (Å²) in [7, 11) is 0. The summed E-state index contributed by atoms with van der Waals surface area (Å²) in [5.74, 6) is -1.08. The maximum atomic E-state index is 12.8. The Hall–Kier alpha value is -5.75. The van der Waals surface area contributed by atoms with E-state index in [-0.39, 0.29) is 38.0 Å². The summed E-state index contributed by atoms with van der Waals surface area (Å²) in [4.78, 5) is 37.9. The topological polar surface area (TPSA) is 78.9 Å². The van der Waals surface area contributed by atoms with Gasteiger partial charge in [-0.05, 0) is 135 Å². The van der Waals surface area contributed by atoms with Crippen molar-refractivity contribution in [3.63, 3.8) is 0 Å². The minimum atomic E-state index is -0.841. The van der Waals surface area contributed by atoms with Crippen molar-refractivity contribution in [1.29, 1.82) is 0 Å². The first-order valence-electron chi connectivity index (χ1n) is 29.4. The molecule has 0 aromatic carbocycles. The van der Waals surface area contributed by atoms with Gasteiger partial charge in [-0.15, -0.1) is 0 Å². The van der Waals surface area contributed by atoms with Gasteiger partial charge in [0.15, 0.2) is 6.10 Å². The van der Waals surface area contributed by atoms with Gasteiger partial charge in [0.1, 0.15) is 13.2 Å². The van der Waals surface area contributed by atoms with E-state index in [2.05, 4.69) is 215 Å². The second-order valence-corrected chi connectivity index (χ2v) is 18.4. The van der Waals surface area contributed by atoms with Crippen LogP contribution in [0.3, 0.4) is 0 Å². The van der Waals surface area contributed by atoms with Crippen molar-refractivity contribution in [2.24, 2.45) is 0 Å². The van der Waals surface area contributed by atoms with Gasteiger partial charge in [-0.2, -0.15) is 0 Å². The summed E-state index contributed by atoms with van der Waals surface area (Å²) in [6, 6.07) is 0. The number of rotatable bonds is 50. The fourth-order valence-electron chi connectivity index (χ4n) is 7.02. The van der Waals surface area contributed by atoms with Gasteiger partial charge in [-0.1, -0.05) is 247 Å². The second kappa shape index (κ2) is 61.8. The summed E-state index contributed by atoms with van der Waals surface area (Å²) in [6.07, 6.45) is 94.7. The highest BCUT2D eigenvalue weighted by atomic mass is 16.6. The molecule has 0 radical (unpaired) electrons. The average Bonchev–Trinajstić information content (AvgIpc) is 3.42. The van der Waals surface area contributed by atoms with Crippen molar-refractivity contribution >= 4 is 17.9 Å². The molecule has 6 nitrogen and oxygen atoms in total. The Morgan fingerprint density at radius 3 is 0.803 bits per heavy atom. The fraction of sp³-hybridized carbons (Fsp3) is 0.500. The summed E-state index contributed by atoms with van der Waals surface area (Å²) < 4.78 is 16.6. The predicted octanol–water partition coefficient (Wildman–Crippen LogP) is 20.3. The zero-order valence-corrected chi connectivity index (χ0v) is 47.9. The van der Waals surface area contributed by atoms with Gasteiger partial charge in [0.05, 0.1) is 0 Å². The van der Waals surface area contributed by atoms with Crippen LogP contribution in [-0.2, 0) is 28.6 Å². The molecule has 0 aromatic heterocycles. The van der Waals surface area contributed by atoms with E-state index in [1.54, 1.807) is 0 Å². The van der Waals surface area contributed by atoms with Gasteiger partial charge in [-0.3, -0.25) is 14.4 Å². The average molecular weight is 1040 g/mol. The van der Waals surface area contributed by atoms with Crippen LogP contribution in [0.5, 0.6) is 0 Å². The molecular weight excluding hydrogens is 937 g/mol. The highest BCUT2D eigenvalue weighted by molar-refractivity contribution is 5.71. The third-order valence-corrected chi connectivity index (χ3v) is 11.3. The molecule has 0 saturated carbocycles. The van der Waals surface area contributed by atoms with E-state index in [1.165, 1.54) is 19.3 Å². The molecule has 420 valence electrons. The van der Waals surface area contributed by atoms with Crippen molar-refractivity contribution < 1.29 is 28.6 Å². The molecule has 0 aliphatic carbocycles. The third-order valence-electron chi connectivity index (χ3n) is 11.3. The van der Waals surface area contributed by atoms with Crippen LogP contribution < -0.4 is 0 Å². The van der Waals surface area contributed by atoms with Gasteiger partial charge in [0.2, 0.25) is 0 Å². The first-order valence-corrected chi connectivity index (χ1v) is 29.4. The molecule has 0 aliphatic rings. The fourth-order valence-corrected chi connectivity index (χ4v) is 7.02. The normalized spacial score (nSPS) is 13.6. The summed E-state index contributed by atoms with van der Waals surface area (Å²) in [6.45, 7) is 6.22.